The summed E-state index contributed by atoms with van der Waals surface area (Å²) in [5.41, 5.74) is 0.391. The monoisotopic (exact) mass is 350 g/mol. The van der Waals surface area contributed by atoms with Crippen molar-refractivity contribution in [3.05, 3.63) is 35.9 Å². The molecule has 1 aromatic carbocycles. The molecule has 116 valence electrons. The minimum atomic E-state index is -1.79. The summed E-state index contributed by atoms with van der Waals surface area (Å²) in [6, 6.07) is 9.96. The summed E-state index contributed by atoms with van der Waals surface area (Å²) in [7, 11) is 0. The quantitative estimate of drug-likeness (QED) is 0.602. The van der Waals surface area contributed by atoms with Crippen molar-refractivity contribution in [3.8, 4) is 0 Å². The molecule has 2 atom stereocenters. The Morgan fingerprint density at radius 3 is 2.38 bits per heavy atom. The summed E-state index contributed by atoms with van der Waals surface area (Å²) < 4.78 is 9.02. The molecule has 0 spiro atoms. The van der Waals surface area contributed by atoms with E-state index in [1.54, 1.807) is 13.8 Å². The lowest BCUT2D eigenvalue weighted by Gasteiger charge is -2.42. The van der Waals surface area contributed by atoms with Crippen molar-refractivity contribution in [2.24, 2.45) is 5.41 Å². The van der Waals surface area contributed by atoms with Gasteiger partial charge in [-0.15, -0.1) is 0 Å². The Morgan fingerprint density at radius 2 is 1.81 bits per heavy atom. The Hall–Kier alpha value is -0.480. The molecule has 0 N–H and O–H groups in total. The van der Waals surface area contributed by atoms with Gasteiger partial charge < -0.3 is 9.47 Å². The Bertz CT molecular complexity index is 497. The molecule has 1 heterocycles. The van der Waals surface area contributed by atoms with Crippen molar-refractivity contribution < 1.29 is 14.3 Å². The highest BCUT2D eigenvalue weighted by Crippen LogP contribution is 2.42. The molecule has 0 saturated carbocycles. The van der Waals surface area contributed by atoms with E-state index in [2.05, 4.69) is 0 Å². The molecule has 0 aromatic heterocycles. The maximum atomic E-state index is 12.1. The zero-order chi connectivity index (χ0) is 15.7. The third kappa shape index (κ3) is 4.04. The Balaban J connectivity index is 2.09. The van der Waals surface area contributed by atoms with Crippen molar-refractivity contribution in [2.75, 3.05) is 0 Å². The SMILES string of the molecule is CC1(C)C(=O)O[C@H](C(Cl)(Cl)Cl)O[C@@H]1CCc1ccccc1. The van der Waals surface area contributed by atoms with Gasteiger partial charge in [0.2, 0.25) is 0 Å². The number of cyclic esters (lactones) is 1. The van der Waals surface area contributed by atoms with Crippen molar-refractivity contribution in [2.45, 2.75) is 42.9 Å². The fourth-order valence-electron chi connectivity index (χ4n) is 2.24. The molecule has 1 fully saturated rings. The molecule has 0 bridgehead atoms. The van der Waals surface area contributed by atoms with E-state index in [1.807, 2.05) is 30.3 Å². The zero-order valence-electron chi connectivity index (χ0n) is 11.8. The maximum absolute atomic E-state index is 12.1. The number of hydrogen-bond acceptors (Lipinski definition) is 3. The number of benzene rings is 1. The molecule has 0 radical (unpaired) electrons. The van der Waals surface area contributed by atoms with Crippen LogP contribution in [0.3, 0.4) is 0 Å². The van der Waals surface area contributed by atoms with E-state index in [1.165, 1.54) is 5.56 Å². The molecular weight excluding hydrogens is 335 g/mol. The lowest BCUT2D eigenvalue weighted by atomic mass is 9.82. The molecule has 1 aliphatic rings. The first kappa shape index (κ1) is 16.9. The van der Waals surface area contributed by atoms with Gasteiger partial charge in [0.25, 0.3) is 10.1 Å². The number of rotatable bonds is 3. The average molecular weight is 352 g/mol. The second kappa shape index (κ2) is 6.33. The number of alkyl halides is 3. The van der Waals surface area contributed by atoms with E-state index in [0.29, 0.717) is 6.42 Å². The molecule has 0 aliphatic carbocycles. The van der Waals surface area contributed by atoms with Crippen molar-refractivity contribution >= 4 is 40.8 Å². The first-order valence-electron chi connectivity index (χ1n) is 6.68. The fourth-order valence-corrected chi connectivity index (χ4v) is 2.53. The standard InChI is InChI=1S/C15H17Cl3O3/c1-14(2)11(9-8-10-6-4-3-5-7-10)20-13(15(16,17)18)21-12(14)19/h3-7,11,13H,8-9H2,1-2H3/t11-,13-/m1/s1. The van der Waals surface area contributed by atoms with E-state index in [-0.39, 0.29) is 6.10 Å². The van der Waals surface area contributed by atoms with E-state index in [9.17, 15) is 4.79 Å². The van der Waals surface area contributed by atoms with Crippen LogP contribution in [0, 0.1) is 5.41 Å². The van der Waals surface area contributed by atoms with Crippen LogP contribution in [0.5, 0.6) is 0 Å². The highest BCUT2D eigenvalue weighted by atomic mass is 35.6. The third-order valence-electron chi connectivity index (χ3n) is 3.64. The third-order valence-corrected chi connectivity index (χ3v) is 4.17. The minimum absolute atomic E-state index is 0.375. The van der Waals surface area contributed by atoms with E-state index >= 15 is 0 Å². The van der Waals surface area contributed by atoms with Crippen molar-refractivity contribution in [1.82, 2.24) is 0 Å². The summed E-state index contributed by atoms with van der Waals surface area (Å²) in [4.78, 5) is 12.1. The summed E-state index contributed by atoms with van der Waals surface area (Å²) in [5.74, 6) is -0.414. The highest BCUT2D eigenvalue weighted by Gasteiger charge is 2.51. The predicted molar refractivity (Wildman–Crippen MR) is 83.6 cm³/mol. The van der Waals surface area contributed by atoms with Crippen LogP contribution in [0.25, 0.3) is 0 Å². The highest BCUT2D eigenvalue weighted by molar-refractivity contribution is 6.68. The summed E-state index contributed by atoms with van der Waals surface area (Å²) in [6.07, 6.45) is -0.138. The van der Waals surface area contributed by atoms with Crippen LogP contribution in [-0.2, 0) is 20.7 Å². The largest absolute Gasteiger partial charge is 0.430 e. The lowest BCUT2D eigenvalue weighted by Crippen LogP contribution is -2.53. The number of carbonyl (C=O) groups is 1. The van der Waals surface area contributed by atoms with Crippen LogP contribution < -0.4 is 0 Å². The Morgan fingerprint density at radius 1 is 1.19 bits per heavy atom. The normalized spacial score (nSPS) is 25.5. The number of aryl methyl sites for hydroxylation is 1. The Kier molecular flexibility index (Phi) is 5.09. The molecule has 1 aromatic rings. The number of carbonyl (C=O) groups excluding carboxylic acids is 1. The maximum Gasteiger partial charge on any atom is 0.316 e. The van der Waals surface area contributed by atoms with Gasteiger partial charge in [0, 0.05) is 0 Å². The molecular formula is C15H17Cl3O3. The molecule has 21 heavy (non-hydrogen) atoms. The number of halogens is 3. The van der Waals surface area contributed by atoms with Gasteiger partial charge >= 0.3 is 5.97 Å². The lowest BCUT2D eigenvalue weighted by molar-refractivity contribution is -0.244. The number of esters is 1. The van der Waals surface area contributed by atoms with E-state index in [4.69, 9.17) is 44.3 Å². The topological polar surface area (TPSA) is 35.5 Å². The van der Waals surface area contributed by atoms with Gasteiger partial charge in [0.15, 0.2) is 0 Å². The van der Waals surface area contributed by atoms with Gasteiger partial charge in [0.1, 0.15) is 0 Å². The molecule has 3 nitrogen and oxygen atoms in total. The molecule has 0 unspecified atom stereocenters. The van der Waals surface area contributed by atoms with Gasteiger partial charge in [-0.05, 0) is 32.3 Å². The molecule has 0 amide bonds. The van der Waals surface area contributed by atoms with Crippen LogP contribution in [0.4, 0.5) is 0 Å². The van der Waals surface area contributed by atoms with Crippen molar-refractivity contribution in [3.63, 3.8) is 0 Å². The van der Waals surface area contributed by atoms with Crippen LogP contribution in [-0.4, -0.2) is 22.2 Å². The molecule has 2 rings (SSSR count). The smallest absolute Gasteiger partial charge is 0.316 e. The van der Waals surface area contributed by atoms with Crippen LogP contribution in [0.2, 0.25) is 0 Å². The zero-order valence-corrected chi connectivity index (χ0v) is 14.1. The second-order valence-electron chi connectivity index (χ2n) is 5.65. The fraction of sp³-hybridized carbons (Fsp3) is 0.533. The van der Waals surface area contributed by atoms with Gasteiger partial charge in [0.05, 0.1) is 11.5 Å². The van der Waals surface area contributed by atoms with Gasteiger partial charge in [-0.1, -0.05) is 65.1 Å². The Labute approximate surface area is 139 Å². The predicted octanol–water partition coefficient (Wildman–Crippen LogP) is 4.28. The van der Waals surface area contributed by atoms with Crippen LogP contribution >= 0.6 is 34.8 Å². The van der Waals surface area contributed by atoms with Gasteiger partial charge in [-0.3, -0.25) is 4.79 Å². The second-order valence-corrected chi connectivity index (χ2v) is 8.02. The van der Waals surface area contributed by atoms with Gasteiger partial charge in [-0.25, -0.2) is 0 Å². The first-order valence-corrected chi connectivity index (χ1v) is 7.82. The van der Waals surface area contributed by atoms with E-state index < -0.39 is 21.5 Å². The number of ether oxygens (including phenoxy) is 2. The van der Waals surface area contributed by atoms with E-state index in [0.717, 1.165) is 6.42 Å². The molecule has 6 heteroatoms. The minimum Gasteiger partial charge on any atom is -0.430 e. The van der Waals surface area contributed by atoms with Gasteiger partial charge in [-0.2, -0.15) is 0 Å². The summed E-state index contributed by atoms with van der Waals surface area (Å²) in [5, 5.41) is 0. The molecule has 1 saturated heterocycles. The molecule has 1 aliphatic heterocycles. The van der Waals surface area contributed by atoms with Crippen molar-refractivity contribution in [1.29, 1.82) is 0 Å². The average Bonchev–Trinajstić information content (AvgIpc) is 2.40. The first-order chi connectivity index (χ1) is 9.71. The number of hydrogen-bond donors (Lipinski definition) is 0. The van der Waals surface area contributed by atoms with Crippen LogP contribution in [0.1, 0.15) is 25.8 Å². The summed E-state index contributed by atoms with van der Waals surface area (Å²) >= 11 is 17.3. The van der Waals surface area contributed by atoms with Crippen LogP contribution in [0.15, 0.2) is 30.3 Å². The summed E-state index contributed by atoms with van der Waals surface area (Å²) in [6.45, 7) is 3.55.